The van der Waals surface area contributed by atoms with E-state index in [-0.39, 0.29) is 0 Å². The molecule has 0 aliphatic carbocycles. The Morgan fingerprint density at radius 2 is 1.94 bits per heavy atom. The largest absolute Gasteiger partial charge is 0.314 e. The van der Waals surface area contributed by atoms with Gasteiger partial charge in [0.1, 0.15) is 0 Å². The van der Waals surface area contributed by atoms with Crippen molar-refractivity contribution in [2.24, 2.45) is 0 Å². The summed E-state index contributed by atoms with van der Waals surface area (Å²) in [5.41, 5.74) is 2.22. The highest BCUT2D eigenvalue weighted by molar-refractivity contribution is 9.10. The summed E-state index contributed by atoms with van der Waals surface area (Å²) < 4.78 is 1.11. The Balaban J connectivity index is 2.14. The molecule has 0 spiro atoms. The van der Waals surface area contributed by atoms with E-state index in [1.54, 1.807) is 0 Å². The summed E-state index contributed by atoms with van der Waals surface area (Å²) in [5, 5.41) is 6.81. The first-order valence-electron chi connectivity index (χ1n) is 5.99. The van der Waals surface area contributed by atoms with Gasteiger partial charge in [0.25, 0.3) is 0 Å². The van der Waals surface area contributed by atoms with Gasteiger partial charge in [-0.15, -0.1) is 0 Å². The van der Waals surface area contributed by atoms with E-state index >= 15 is 0 Å². The van der Waals surface area contributed by atoms with E-state index < -0.39 is 0 Å². The summed E-state index contributed by atoms with van der Waals surface area (Å²) in [5.74, 6) is 0. The molecule has 4 nitrogen and oxygen atoms in total. The Morgan fingerprint density at radius 1 is 1.18 bits per heavy atom. The molecule has 2 bridgehead atoms. The van der Waals surface area contributed by atoms with Gasteiger partial charge in [0.15, 0.2) is 0 Å². The van der Waals surface area contributed by atoms with Crippen LogP contribution < -0.4 is 10.6 Å². The van der Waals surface area contributed by atoms with Crippen LogP contribution in [0, 0.1) is 0 Å². The van der Waals surface area contributed by atoms with E-state index in [9.17, 15) is 0 Å². The summed E-state index contributed by atoms with van der Waals surface area (Å²) in [4.78, 5) is 6.96. The molecule has 0 saturated carbocycles. The molecule has 0 unspecified atom stereocenters. The lowest BCUT2D eigenvalue weighted by Gasteiger charge is -2.18. The van der Waals surface area contributed by atoms with Crippen molar-refractivity contribution in [2.45, 2.75) is 13.1 Å². The van der Waals surface area contributed by atoms with Gasteiger partial charge in [0.2, 0.25) is 0 Å². The number of rotatable bonds is 0. The zero-order valence-electron chi connectivity index (χ0n) is 10.2. The first kappa shape index (κ1) is 13.0. The Labute approximate surface area is 111 Å². The lowest BCUT2D eigenvalue weighted by molar-refractivity contribution is 0.319. The molecular weight excluding hydrogens is 280 g/mol. The minimum absolute atomic E-state index is 0.831. The van der Waals surface area contributed by atoms with Crippen molar-refractivity contribution in [3.05, 3.63) is 28.0 Å². The number of nitrogens with one attached hydrogen (secondary N) is 2. The summed E-state index contributed by atoms with van der Waals surface area (Å²) in [6.07, 6.45) is 0. The summed E-state index contributed by atoms with van der Waals surface area (Å²) >= 11 is 3.55. The van der Waals surface area contributed by atoms with Crippen molar-refractivity contribution in [3.8, 4) is 0 Å². The van der Waals surface area contributed by atoms with E-state index in [1.165, 1.54) is 0 Å². The van der Waals surface area contributed by atoms with Gasteiger partial charge in [-0.25, -0.2) is 0 Å². The zero-order chi connectivity index (χ0) is 12.1. The van der Waals surface area contributed by atoms with Crippen molar-refractivity contribution in [3.63, 3.8) is 0 Å². The van der Waals surface area contributed by atoms with Crippen molar-refractivity contribution >= 4 is 15.9 Å². The van der Waals surface area contributed by atoms with Crippen LogP contribution in [0.1, 0.15) is 11.4 Å². The smallest absolute Gasteiger partial charge is 0.0558 e. The van der Waals surface area contributed by atoms with Crippen LogP contribution in [-0.4, -0.2) is 43.1 Å². The van der Waals surface area contributed by atoms with E-state index in [1.807, 2.05) is 0 Å². The molecule has 0 aromatic carbocycles. The standard InChI is InChI=1S/C12H19BrN4/c1-17-5-4-14-2-3-15-8-11-6-10(13)7-12(9-17)16-11/h6-7,14-15H,2-5,8-9H2,1H3. The lowest BCUT2D eigenvalue weighted by atomic mass is 10.2. The van der Waals surface area contributed by atoms with Crippen molar-refractivity contribution in [1.82, 2.24) is 20.5 Å². The SMILES string of the molecule is CN1CCNCCNCc2cc(Br)cc(n2)C1. The summed E-state index contributed by atoms with van der Waals surface area (Å²) in [7, 11) is 2.13. The number of aromatic nitrogens is 1. The van der Waals surface area contributed by atoms with Gasteiger partial charge in [0.05, 0.1) is 11.4 Å². The van der Waals surface area contributed by atoms with Crippen LogP contribution in [0.2, 0.25) is 0 Å². The zero-order valence-corrected chi connectivity index (χ0v) is 11.8. The van der Waals surface area contributed by atoms with Crippen LogP contribution in [0.5, 0.6) is 0 Å². The molecule has 0 amide bonds. The fourth-order valence-corrected chi connectivity index (χ4v) is 2.45. The Hall–Kier alpha value is -0.490. The molecule has 0 fully saturated rings. The molecule has 2 rings (SSSR count). The number of hydrogen-bond acceptors (Lipinski definition) is 4. The molecule has 94 valence electrons. The van der Waals surface area contributed by atoms with E-state index in [0.717, 1.165) is 55.1 Å². The number of hydrogen-bond donors (Lipinski definition) is 2. The Kier molecular flexibility index (Phi) is 4.91. The maximum Gasteiger partial charge on any atom is 0.0558 e. The molecule has 0 radical (unpaired) electrons. The molecule has 1 aliphatic rings. The Morgan fingerprint density at radius 3 is 2.82 bits per heavy atom. The van der Waals surface area contributed by atoms with Crippen molar-refractivity contribution in [1.29, 1.82) is 0 Å². The first-order valence-corrected chi connectivity index (χ1v) is 6.78. The molecule has 2 heterocycles. The normalized spacial score (nSPS) is 19.4. The van der Waals surface area contributed by atoms with Crippen molar-refractivity contribution in [2.75, 3.05) is 33.2 Å². The second-order valence-electron chi connectivity index (χ2n) is 4.43. The highest BCUT2D eigenvalue weighted by Crippen LogP contribution is 2.14. The highest BCUT2D eigenvalue weighted by Gasteiger charge is 2.06. The maximum atomic E-state index is 4.66. The van der Waals surface area contributed by atoms with Gasteiger partial charge in [-0.2, -0.15) is 0 Å². The third-order valence-electron chi connectivity index (χ3n) is 2.78. The van der Waals surface area contributed by atoms with Crippen LogP contribution in [0.3, 0.4) is 0 Å². The predicted molar refractivity (Wildman–Crippen MR) is 72.8 cm³/mol. The Bertz CT molecular complexity index is 370. The molecule has 1 aliphatic heterocycles. The lowest BCUT2D eigenvalue weighted by Crippen LogP contribution is -2.34. The maximum absolute atomic E-state index is 4.66. The van der Waals surface area contributed by atoms with Gasteiger partial charge in [-0.05, 0) is 19.2 Å². The second-order valence-corrected chi connectivity index (χ2v) is 5.35. The average molecular weight is 299 g/mol. The van der Waals surface area contributed by atoms with Gasteiger partial charge in [-0.3, -0.25) is 9.88 Å². The van der Waals surface area contributed by atoms with Crippen LogP contribution in [0.15, 0.2) is 16.6 Å². The van der Waals surface area contributed by atoms with Crippen molar-refractivity contribution < 1.29 is 0 Å². The molecular formula is C12H19BrN4. The van der Waals surface area contributed by atoms with E-state index in [2.05, 4.69) is 55.6 Å². The highest BCUT2D eigenvalue weighted by atomic mass is 79.9. The molecule has 2 N–H and O–H groups in total. The van der Waals surface area contributed by atoms with Gasteiger partial charge in [0, 0.05) is 43.7 Å². The number of halogens is 1. The number of likely N-dealkylation sites (N-methyl/N-ethyl adjacent to an activating group) is 1. The number of fused-ring (bicyclic) bond motifs is 2. The fraction of sp³-hybridized carbons (Fsp3) is 0.583. The monoisotopic (exact) mass is 298 g/mol. The van der Waals surface area contributed by atoms with Gasteiger partial charge < -0.3 is 10.6 Å². The van der Waals surface area contributed by atoms with E-state index in [0.29, 0.717) is 0 Å². The summed E-state index contributed by atoms with van der Waals surface area (Å²) in [6, 6.07) is 4.18. The second kappa shape index (κ2) is 6.44. The van der Waals surface area contributed by atoms with E-state index in [4.69, 9.17) is 0 Å². The topological polar surface area (TPSA) is 40.2 Å². The summed E-state index contributed by atoms with van der Waals surface area (Å²) in [6.45, 7) is 5.79. The van der Waals surface area contributed by atoms with Crippen LogP contribution in [0.25, 0.3) is 0 Å². The predicted octanol–water partition coefficient (Wildman–Crippen LogP) is 0.969. The van der Waals surface area contributed by atoms with Gasteiger partial charge >= 0.3 is 0 Å². The van der Waals surface area contributed by atoms with Crippen LogP contribution in [0.4, 0.5) is 0 Å². The quantitative estimate of drug-likeness (QED) is 0.749. The molecule has 0 atom stereocenters. The minimum atomic E-state index is 0.831. The first-order chi connectivity index (χ1) is 8.24. The molecule has 1 aromatic rings. The average Bonchev–Trinajstić information content (AvgIpc) is 2.25. The fourth-order valence-electron chi connectivity index (χ4n) is 1.92. The van der Waals surface area contributed by atoms with Gasteiger partial charge in [-0.1, -0.05) is 15.9 Å². The number of nitrogens with zero attached hydrogens (tertiary/aromatic N) is 2. The van der Waals surface area contributed by atoms with Crippen LogP contribution >= 0.6 is 15.9 Å². The molecule has 1 aromatic heterocycles. The third-order valence-corrected chi connectivity index (χ3v) is 3.24. The molecule has 17 heavy (non-hydrogen) atoms. The minimum Gasteiger partial charge on any atom is -0.314 e. The number of pyridine rings is 1. The third kappa shape index (κ3) is 4.35. The molecule has 0 saturated heterocycles. The molecule has 5 heteroatoms. The van der Waals surface area contributed by atoms with Crippen LogP contribution in [-0.2, 0) is 13.1 Å².